The molecule has 0 saturated carbocycles. The summed E-state index contributed by atoms with van der Waals surface area (Å²) >= 11 is 0. The third kappa shape index (κ3) is 2.13. The van der Waals surface area contributed by atoms with Crippen LogP contribution in [0.3, 0.4) is 0 Å². The number of carboxylic acids is 1. The van der Waals surface area contributed by atoms with E-state index in [1.807, 2.05) is 20.2 Å². The number of aromatic carboxylic acids is 1. The Morgan fingerprint density at radius 1 is 1.44 bits per heavy atom. The standard InChI is InChI=1S/C13H19N3O2/c1-15-8-10(5-6-14)16(2)11-4-3-9(13(17)18)7-12(11)15/h3-4,7,10H,5-6,8,14H2,1-2H3,(H,17,18). The Balaban J connectivity index is 2.38. The van der Waals surface area contributed by atoms with Crippen molar-refractivity contribution in [3.63, 3.8) is 0 Å². The van der Waals surface area contributed by atoms with E-state index in [4.69, 9.17) is 10.8 Å². The monoisotopic (exact) mass is 249 g/mol. The molecule has 0 fully saturated rings. The Bertz CT molecular complexity index is 462. The second-order valence-corrected chi connectivity index (χ2v) is 4.73. The lowest BCUT2D eigenvalue weighted by Gasteiger charge is -2.41. The number of carbonyl (C=O) groups is 1. The molecule has 3 N–H and O–H groups in total. The first-order valence-corrected chi connectivity index (χ1v) is 6.06. The lowest BCUT2D eigenvalue weighted by Crippen LogP contribution is -2.46. The van der Waals surface area contributed by atoms with Crippen molar-refractivity contribution >= 4 is 17.3 Å². The fourth-order valence-electron chi connectivity index (χ4n) is 2.47. The summed E-state index contributed by atoms with van der Waals surface area (Å²) in [5, 5.41) is 9.03. The van der Waals surface area contributed by atoms with Crippen molar-refractivity contribution < 1.29 is 9.90 Å². The highest BCUT2D eigenvalue weighted by molar-refractivity contribution is 5.91. The normalized spacial score (nSPS) is 18.7. The largest absolute Gasteiger partial charge is 0.478 e. The first kappa shape index (κ1) is 12.7. The van der Waals surface area contributed by atoms with Crippen molar-refractivity contribution in [2.75, 3.05) is 37.0 Å². The molecule has 5 heteroatoms. The average Bonchev–Trinajstić information content (AvgIpc) is 2.35. The van der Waals surface area contributed by atoms with Crippen LogP contribution in [0.1, 0.15) is 16.8 Å². The van der Waals surface area contributed by atoms with Gasteiger partial charge in [-0.15, -0.1) is 0 Å². The molecule has 1 unspecified atom stereocenters. The number of benzene rings is 1. The highest BCUT2D eigenvalue weighted by Gasteiger charge is 2.26. The molecule has 0 aromatic heterocycles. The summed E-state index contributed by atoms with van der Waals surface area (Å²) in [6.45, 7) is 1.52. The van der Waals surface area contributed by atoms with Gasteiger partial charge in [0.25, 0.3) is 0 Å². The van der Waals surface area contributed by atoms with Crippen LogP contribution in [0, 0.1) is 0 Å². The predicted molar refractivity (Wildman–Crippen MR) is 72.5 cm³/mol. The first-order chi connectivity index (χ1) is 8.54. The van der Waals surface area contributed by atoms with Gasteiger partial charge < -0.3 is 20.6 Å². The van der Waals surface area contributed by atoms with Crippen molar-refractivity contribution in [2.45, 2.75) is 12.5 Å². The number of nitrogens with two attached hydrogens (primary N) is 1. The van der Waals surface area contributed by atoms with Crippen LogP contribution in [-0.4, -0.2) is 44.3 Å². The van der Waals surface area contributed by atoms with Crippen molar-refractivity contribution in [2.24, 2.45) is 5.73 Å². The van der Waals surface area contributed by atoms with E-state index in [0.717, 1.165) is 24.3 Å². The maximum absolute atomic E-state index is 11.0. The number of hydrogen-bond acceptors (Lipinski definition) is 4. The maximum atomic E-state index is 11.0. The van der Waals surface area contributed by atoms with Gasteiger partial charge in [-0.1, -0.05) is 0 Å². The van der Waals surface area contributed by atoms with Crippen LogP contribution in [0.5, 0.6) is 0 Å². The number of nitrogens with zero attached hydrogens (tertiary/aromatic N) is 2. The second kappa shape index (κ2) is 4.86. The van der Waals surface area contributed by atoms with E-state index >= 15 is 0 Å². The summed E-state index contributed by atoms with van der Waals surface area (Å²) in [6.07, 6.45) is 0.932. The van der Waals surface area contributed by atoms with Crippen LogP contribution < -0.4 is 15.5 Å². The predicted octanol–water partition coefficient (Wildman–Crippen LogP) is 0.988. The first-order valence-electron chi connectivity index (χ1n) is 6.06. The Labute approximate surface area is 107 Å². The van der Waals surface area contributed by atoms with E-state index in [-0.39, 0.29) is 0 Å². The van der Waals surface area contributed by atoms with Crippen molar-refractivity contribution in [3.05, 3.63) is 23.8 Å². The number of rotatable bonds is 3. The maximum Gasteiger partial charge on any atom is 0.335 e. The number of hydrogen-bond donors (Lipinski definition) is 2. The van der Waals surface area contributed by atoms with E-state index in [1.165, 1.54) is 0 Å². The van der Waals surface area contributed by atoms with Gasteiger partial charge in [-0.05, 0) is 31.2 Å². The molecule has 0 saturated heterocycles. The summed E-state index contributed by atoms with van der Waals surface area (Å²) in [7, 11) is 4.02. The molecule has 1 aromatic rings. The molecular weight excluding hydrogens is 230 g/mol. The molecule has 0 radical (unpaired) electrons. The Hall–Kier alpha value is -1.75. The highest BCUT2D eigenvalue weighted by Crippen LogP contribution is 2.35. The van der Waals surface area contributed by atoms with E-state index in [1.54, 1.807) is 12.1 Å². The lowest BCUT2D eigenvalue weighted by atomic mass is 10.0. The summed E-state index contributed by atoms with van der Waals surface area (Å²) in [6, 6.07) is 5.63. The minimum Gasteiger partial charge on any atom is -0.478 e. The zero-order chi connectivity index (χ0) is 13.3. The van der Waals surface area contributed by atoms with Crippen molar-refractivity contribution in [1.29, 1.82) is 0 Å². The summed E-state index contributed by atoms with van der Waals surface area (Å²) in [5.74, 6) is -0.891. The number of fused-ring (bicyclic) bond motifs is 1. The zero-order valence-corrected chi connectivity index (χ0v) is 10.8. The Kier molecular flexibility index (Phi) is 3.43. The van der Waals surface area contributed by atoms with Crippen LogP contribution in [0.15, 0.2) is 18.2 Å². The molecule has 1 aliphatic heterocycles. The zero-order valence-electron chi connectivity index (χ0n) is 10.8. The third-order valence-corrected chi connectivity index (χ3v) is 3.55. The second-order valence-electron chi connectivity index (χ2n) is 4.73. The minimum atomic E-state index is -0.891. The van der Waals surface area contributed by atoms with Crippen LogP contribution in [-0.2, 0) is 0 Å². The van der Waals surface area contributed by atoms with Gasteiger partial charge in [-0.2, -0.15) is 0 Å². The summed E-state index contributed by atoms with van der Waals surface area (Å²) in [4.78, 5) is 15.3. The minimum absolute atomic E-state index is 0.325. The van der Waals surface area contributed by atoms with Gasteiger partial charge in [-0.3, -0.25) is 0 Å². The molecule has 0 spiro atoms. The Morgan fingerprint density at radius 3 is 2.78 bits per heavy atom. The van der Waals surface area contributed by atoms with Gasteiger partial charge >= 0.3 is 5.97 Å². The summed E-state index contributed by atoms with van der Waals surface area (Å²) in [5.41, 5.74) is 7.98. The molecule has 1 atom stereocenters. The van der Waals surface area contributed by atoms with E-state index in [2.05, 4.69) is 9.80 Å². The molecule has 0 bridgehead atoms. The molecule has 0 amide bonds. The molecule has 2 rings (SSSR count). The molecule has 18 heavy (non-hydrogen) atoms. The van der Waals surface area contributed by atoms with E-state index in [9.17, 15) is 4.79 Å². The molecule has 5 nitrogen and oxygen atoms in total. The van der Waals surface area contributed by atoms with Gasteiger partial charge in [0.05, 0.1) is 16.9 Å². The Morgan fingerprint density at radius 2 is 2.17 bits per heavy atom. The van der Waals surface area contributed by atoms with Gasteiger partial charge in [-0.25, -0.2) is 4.79 Å². The summed E-state index contributed by atoms with van der Waals surface area (Å²) < 4.78 is 0. The van der Waals surface area contributed by atoms with Gasteiger partial charge in [0.2, 0.25) is 0 Å². The third-order valence-electron chi connectivity index (χ3n) is 3.55. The number of carboxylic acid groups (broad SMARTS) is 1. The SMILES string of the molecule is CN1CC(CCN)N(C)c2ccc(C(=O)O)cc21. The van der Waals surface area contributed by atoms with Gasteiger partial charge in [0.15, 0.2) is 0 Å². The molecule has 1 aromatic carbocycles. The molecule has 1 heterocycles. The molecule has 98 valence electrons. The number of likely N-dealkylation sites (N-methyl/N-ethyl adjacent to an activating group) is 2. The van der Waals surface area contributed by atoms with Crippen LogP contribution in [0.25, 0.3) is 0 Å². The van der Waals surface area contributed by atoms with Gasteiger partial charge in [0.1, 0.15) is 0 Å². The van der Waals surface area contributed by atoms with Crippen molar-refractivity contribution in [1.82, 2.24) is 0 Å². The van der Waals surface area contributed by atoms with E-state index in [0.29, 0.717) is 18.2 Å². The smallest absolute Gasteiger partial charge is 0.335 e. The lowest BCUT2D eigenvalue weighted by molar-refractivity contribution is 0.0697. The van der Waals surface area contributed by atoms with E-state index < -0.39 is 5.97 Å². The quantitative estimate of drug-likeness (QED) is 0.836. The fourth-order valence-corrected chi connectivity index (χ4v) is 2.47. The van der Waals surface area contributed by atoms with Crippen LogP contribution >= 0.6 is 0 Å². The average molecular weight is 249 g/mol. The highest BCUT2D eigenvalue weighted by atomic mass is 16.4. The van der Waals surface area contributed by atoms with Gasteiger partial charge in [0, 0.05) is 26.7 Å². The van der Waals surface area contributed by atoms with Crippen LogP contribution in [0.4, 0.5) is 11.4 Å². The topological polar surface area (TPSA) is 69.8 Å². The molecular formula is C13H19N3O2. The van der Waals surface area contributed by atoms with Crippen molar-refractivity contribution in [3.8, 4) is 0 Å². The fraction of sp³-hybridized carbons (Fsp3) is 0.462. The van der Waals surface area contributed by atoms with Crippen LogP contribution in [0.2, 0.25) is 0 Å². The molecule has 0 aliphatic carbocycles. The molecule has 1 aliphatic rings. The number of anilines is 2.